The van der Waals surface area contributed by atoms with Gasteiger partial charge in [-0.1, -0.05) is 12.1 Å². The van der Waals surface area contributed by atoms with E-state index in [0.29, 0.717) is 11.3 Å². The Bertz CT molecular complexity index is 685. The van der Waals surface area contributed by atoms with Crippen LogP contribution in [-0.2, 0) is 11.2 Å². The summed E-state index contributed by atoms with van der Waals surface area (Å²) in [5.41, 5.74) is 9.42. The lowest BCUT2D eigenvalue weighted by Gasteiger charge is -2.15. The molecule has 0 saturated heterocycles. The Morgan fingerprint density at radius 1 is 1.38 bits per heavy atom. The summed E-state index contributed by atoms with van der Waals surface area (Å²) in [6.07, 6.45) is 4.76. The summed E-state index contributed by atoms with van der Waals surface area (Å²) < 4.78 is 10.6. The summed E-state index contributed by atoms with van der Waals surface area (Å²) >= 11 is 0. The number of pyridine rings is 1. The van der Waals surface area contributed by atoms with E-state index in [0.717, 1.165) is 29.7 Å². The molecule has 0 unspecified atom stereocenters. The van der Waals surface area contributed by atoms with Crippen molar-refractivity contribution in [3.8, 4) is 5.75 Å². The molecule has 21 heavy (non-hydrogen) atoms. The molecule has 0 spiro atoms. The summed E-state index contributed by atoms with van der Waals surface area (Å²) in [4.78, 5) is 15.5. The maximum Gasteiger partial charge on any atom is 0.339 e. The molecule has 0 bridgehead atoms. The molecule has 0 fully saturated rings. The van der Waals surface area contributed by atoms with Gasteiger partial charge in [0.05, 0.1) is 18.9 Å². The lowest BCUT2D eigenvalue weighted by molar-refractivity contribution is 0.0599. The second-order valence-corrected chi connectivity index (χ2v) is 4.96. The van der Waals surface area contributed by atoms with Crippen LogP contribution in [-0.4, -0.2) is 18.1 Å². The number of rotatable bonds is 3. The van der Waals surface area contributed by atoms with Crippen LogP contribution in [0.2, 0.25) is 0 Å². The number of methoxy groups -OCH3 is 1. The van der Waals surface area contributed by atoms with E-state index in [9.17, 15) is 4.79 Å². The predicted molar refractivity (Wildman–Crippen MR) is 78.1 cm³/mol. The summed E-state index contributed by atoms with van der Waals surface area (Å²) in [7, 11) is 1.34. The van der Waals surface area contributed by atoms with Crippen LogP contribution in [0.4, 0.5) is 5.69 Å². The van der Waals surface area contributed by atoms with Gasteiger partial charge >= 0.3 is 5.97 Å². The van der Waals surface area contributed by atoms with Crippen molar-refractivity contribution in [2.45, 2.75) is 18.9 Å². The van der Waals surface area contributed by atoms with Crippen molar-refractivity contribution in [1.82, 2.24) is 4.98 Å². The molecule has 1 aliphatic carbocycles. The maximum atomic E-state index is 11.5. The summed E-state index contributed by atoms with van der Waals surface area (Å²) in [5.74, 6) is 0.127. The number of nitrogen functional groups attached to an aromatic ring is 1. The molecule has 5 heteroatoms. The minimum absolute atomic E-state index is 0.0572. The number of carbonyl (C=O) groups excluding carboxylic acids is 1. The highest BCUT2D eigenvalue weighted by atomic mass is 16.5. The molecule has 5 nitrogen and oxygen atoms in total. The molecule has 2 N–H and O–H groups in total. The highest BCUT2D eigenvalue weighted by molar-refractivity contribution is 5.89. The molecule has 1 aromatic heterocycles. The number of nitrogens with zero attached hydrogens (tertiary/aromatic N) is 1. The van der Waals surface area contributed by atoms with Gasteiger partial charge in [-0.2, -0.15) is 0 Å². The number of fused-ring (bicyclic) bond motifs is 1. The second kappa shape index (κ2) is 5.44. The highest BCUT2D eigenvalue weighted by Crippen LogP contribution is 2.37. The lowest BCUT2D eigenvalue weighted by atomic mass is 10.1. The van der Waals surface area contributed by atoms with E-state index in [2.05, 4.69) is 9.72 Å². The van der Waals surface area contributed by atoms with Crippen molar-refractivity contribution in [3.05, 3.63) is 53.3 Å². The Kier molecular flexibility index (Phi) is 3.48. The van der Waals surface area contributed by atoms with Crippen LogP contribution in [0.3, 0.4) is 0 Å². The van der Waals surface area contributed by atoms with Gasteiger partial charge in [0.15, 0.2) is 0 Å². The van der Waals surface area contributed by atoms with Gasteiger partial charge in [-0.15, -0.1) is 0 Å². The van der Waals surface area contributed by atoms with E-state index in [4.69, 9.17) is 10.5 Å². The van der Waals surface area contributed by atoms with Gasteiger partial charge in [-0.3, -0.25) is 4.98 Å². The van der Waals surface area contributed by atoms with Crippen LogP contribution >= 0.6 is 0 Å². The smallest absolute Gasteiger partial charge is 0.339 e. The third-order valence-corrected chi connectivity index (χ3v) is 3.66. The van der Waals surface area contributed by atoms with Crippen molar-refractivity contribution in [2.75, 3.05) is 12.8 Å². The van der Waals surface area contributed by atoms with Crippen LogP contribution in [0.15, 0.2) is 36.7 Å². The van der Waals surface area contributed by atoms with Gasteiger partial charge in [-0.05, 0) is 36.1 Å². The van der Waals surface area contributed by atoms with Gasteiger partial charge < -0.3 is 15.2 Å². The first-order valence-corrected chi connectivity index (χ1v) is 6.76. The predicted octanol–water partition coefficient (Wildman–Crippen LogP) is 2.52. The Morgan fingerprint density at radius 3 is 3.05 bits per heavy atom. The number of hydrogen-bond acceptors (Lipinski definition) is 5. The van der Waals surface area contributed by atoms with Crippen LogP contribution in [0.5, 0.6) is 5.75 Å². The highest BCUT2D eigenvalue weighted by Gasteiger charge is 2.25. The second-order valence-electron chi connectivity index (χ2n) is 4.96. The fraction of sp³-hybridized carbons (Fsp3) is 0.250. The van der Waals surface area contributed by atoms with E-state index in [1.54, 1.807) is 12.3 Å². The zero-order chi connectivity index (χ0) is 14.8. The fourth-order valence-corrected chi connectivity index (χ4v) is 2.64. The van der Waals surface area contributed by atoms with Gasteiger partial charge in [0.25, 0.3) is 0 Å². The van der Waals surface area contributed by atoms with Crippen molar-refractivity contribution in [3.63, 3.8) is 0 Å². The number of anilines is 1. The molecule has 1 aliphatic rings. The molecular weight excluding hydrogens is 268 g/mol. The zero-order valence-electron chi connectivity index (χ0n) is 11.7. The number of nitrogens with two attached hydrogens (primary N) is 1. The van der Waals surface area contributed by atoms with E-state index in [1.165, 1.54) is 13.3 Å². The van der Waals surface area contributed by atoms with Gasteiger partial charge in [0.1, 0.15) is 11.9 Å². The van der Waals surface area contributed by atoms with Crippen LogP contribution in [0, 0.1) is 0 Å². The van der Waals surface area contributed by atoms with Crippen molar-refractivity contribution >= 4 is 11.7 Å². The molecule has 108 valence electrons. The third-order valence-electron chi connectivity index (χ3n) is 3.66. The summed E-state index contributed by atoms with van der Waals surface area (Å²) in [5, 5.41) is 0. The van der Waals surface area contributed by atoms with E-state index < -0.39 is 5.97 Å². The first-order chi connectivity index (χ1) is 10.2. The van der Waals surface area contributed by atoms with E-state index in [-0.39, 0.29) is 6.10 Å². The molecule has 2 aromatic rings. The number of esters is 1. The van der Waals surface area contributed by atoms with E-state index in [1.807, 2.05) is 18.2 Å². The number of carbonyl (C=O) groups is 1. The Balaban J connectivity index is 1.83. The summed E-state index contributed by atoms with van der Waals surface area (Å²) in [6, 6.07) is 7.50. The molecule has 0 saturated carbocycles. The fourth-order valence-electron chi connectivity index (χ4n) is 2.64. The molecule has 1 atom stereocenters. The first kappa shape index (κ1) is 13.4. The standard InChI is InChI=1S/C16H16N2O3/c1-20-16(19)10-7-11(9-18-8-10)21-15-6-5-12-13(15)3-2-4-14(12)17/h2-4,7-9,15H,5-6,17H2,1H3/t15-/m0/s1. The topological polar surface area (TPSA) is 74.4 Å². The van der Waals surface area contributed by atoms with Crippen LogP contribution < -0.4 is 10.5 Å². The van der Waals surface area contributed by atoms with Crippen LogP contribution in [0.25, 0.3) is 0 Å². The largest absolute Gasteiger partial charge is 0.484 e. The van der Waals surface area contributed by atoms with Crippen molar-refractivity contribution in [2.24, 2.45) is 0 Å². The minimum Gasteiger partial charge on any atom is -0.484 e. The molecule has 0 aliphatic heterocycles. The first-order valence-electron chi connectivity index (χ1n) is 6.76. The number of hydrogen-bond donors (Lipinski definition) is 1. The molecule has 1 aromatic carbocycles. The normalized spacial score (nSPS) is 16.3. The average molecular weight is 284 g/mol. The molecule has 1 heterocycles. The quantitative estimate of drug-likeness (QED) is 0.692. The number of ether oxygens (including phenoxy) is 2. The van der Waals surface area contributed by atoms with Gasteiger partial charge in [0, 0.05) is 11.9 Å². The van der Waals surface area contributed by atoms with Crippen molar-refractivity contribution < 1.29 is 14.3 Å². The Labute approximate surface area is 122 Å². The van der Waals surface area contributed by atoms with E-state index >= 15 is 0 Å². The lowest BCUT2D eigenvalue weighted by Crippen LogP contribution is -2.06. The molecule has 0 amide bonds. The van der Waals surface area contributed by atoms with Crippen molar-refractivity contribution in [1.29, 1.82) is 0 Å². The average Bonchev–Trinajstić information content (AvgIpc) is 2.91. The molecule has 0 radical (unpaired) electrons. The summed E-state index contributed by atoms with van der Waals surface area (Å²) in [6.45, 7) is 0. The van der Waals surface area contributed by atoms with Gasteiger partial charge in [0.2, 0.25) is 0 Å². The SMILES string of the molecule is COC(=O)c1cncc(O[C@H]2CCc3c(N)cccc32)c1. The maximum absolute atomic E-state index is 11.5. The van der Waals surface area contributed by atoms with Gasteiger partial charge in [-0.25, -0.2) is 4.79 Å². The number of benzene rings is 1. The molecule has 3 rings (SSSR count). The Morgan fingerprint density at radius 2 is 2.24 bits per heavy atom. The minimum atomic E-state index is -0.427. The Hall–Kier alpha value is -2.56. The third kappa shape index (κ3) is 2.54. The monoisotopic (exact) mass is 284 g/mol. The zero-order valence-corrected chi connectivity index (χ0v) is 11.7. The molecular formula is C16H16N2O3. The van der Waals surface area contributed by atoms with Crippen LogP contribution in [0.1, 0.15) is 34.0 Å². The number of aromatic nitrogens is 1.